The molecule has 2 aromatic rings. The van der Waals surface area contributed by atoms with Gasteiger partial charge in [0.05, 0.1) is 11.1 Å². The van der Waals surface area contributed by atoms with Crippen LogP contribution >= 0.6 is 0 Å². The molecule has 0 atom stereocenters. The zero-order valence-electron chi connectivity index (χ0n) is 12.7. The summed E-state index contributed by atoms with van der Waals surface area (Å²) in [6, 6.07) is 7.64. The van der Waals surface area contributed by atoms with Crippen LogP contribution in [0.5, 0.6) is 0 Å². The number of aromatic nitrogens is 1. The fraction of sp³-hybridized carbons (Fsp3) is 0.389. The lowest BCUT2D eigenvalue weighted by Crippen LogP contribution is -2.15. The third-order valence-electron chi connectivity index (χ3n) is 4.03. The number of hydrogen-bond acceptors (Lipinski definition) is 4. The van der Waals surface area contributed by atoms with Gasteiger partial charge in [-0.1, -0.05) is 24.6 Å². The van der Waals surface area contributed by atoms with E-state index in [2.05, 4.69) is 0 Å². The molecule has 1 heterocycles. The van der Waals surface area contributed by atoms with Gasteiger partial charge in [-0.05, 0) is 44.2 Å². The Bertz CT molecular complexity index is 736. The van der Waals surface area contributed by atoms with Gasteiger partial charge < -0.3 is 4.74 Å². The summed E-state index contributed by atoms with van der Waals surface area (Å²) in [4.78, 5) is 28.4. The third-order valence-corrected chi connectivity index (χ3v) is 4.03. The number of ketones is 1. The Hall–Kier alpha value is -2.23. The lowest BCUT2D eigenvalue weighted by molar-refractivity contribution is -0.120. The Morgan fingerprint density at radius 3 is 2.73 bits per heavy atom. The van der Waals surface area contributed by atoms with Crippen molar-refractivity contribution in [1.29, 1.82) is 0 Å². The van der Waals surface area contributed by atoms with Crippen LogP contribution in [0.4, 0.5) is 0 Å². The largest absolute Gasteiger partial charge is 0.454 e. The predicted octanol–water partition coefficient (Wildman–Crippen LogP) is 3.25. The second-order valence-electron chi connectivity index (χ2n) is 5.77. The van der Waals surface area contributed by atoms with Gasteiger partial charge in [-0.2, -0.15) is 0 Å². The van der Waals surface area contributed by atoms with Gasteiger partial charge in [0, 0.05) is 11.1 Å². The van der Waals surface area contributed by atoms with E-state index in [-0.39, 0.29) is 12.4 Å². The van der Waals surface area contributed by atoms with Gasteiger partial charge in [-0.25, -0.2) is 4.79 Å². The van der Waals surface area contributed by atoms with Crippen LogP contribution in [0.25, 0.3) is 10.9 Å². The number of para-hydroxylation sites is 1. The highest BCUT2D eigenvalue weighted by Crippen LogP contribution is 2.29. The van der Waals surface area contributed by atoms with Crippen molar-refractivity contribution in [2.24, 2.45) is 0 Å². The maximum Gasteiger partial charge on any atom is 0.339 e. The smallest absolute Gasteiger partial charge is 0.339 e. The van der Waals surface area contributed by atoms with Crippen LogP contribution in [0, 0.1) is 0 Å². The molecule has 0 aliphatic heterocycles. The summed E-state index contributed by atoms with van der Waals surface area (Å²) in [6.45, 7) is 1.24. The highest BCUT2D eigenvalue weighted by Gasteiger charge is 2.22. The standard InChI is InChI=1S/C18H19NO3/c1-12(20)11-22-18(21)17-13-7-3-2-4-9-15(13)19-16-10-6-5-8-14(16)17/h5-6,8,10H,2-4,7,9,11H2,1H3. The van der Waals surface area contributed by atoms with Crippen LogP contribution in [0.1, 0.15) is 47.8 Å². The molecule has 0 unspecified atom stereocenters. The number of benzene rings is 1. The van der Waals surface area contributed by atoms with Crippen LogP contribution in [0.15, 0.2) is 24.3 Å². The van der Waals surface area contributed by atoms with E-state index in [1.54, 1.807) is 0 Å². The van der Waals surface area contributed by atoms with Crippen molar-refractivity contribution < 1.29 is 14.3 Å². The van der Waals surface area contributed by atoms with Crippen LogP contribution in [-0.4, -0.2) is 23.3 Å². The highest BCUT2D eigenvalue weighted by atomic mass is 16.5. The molecule has 0 amide bonds. The van der Waals surface area contributed by atoms with E-state index in [1.807, 2.05) is 24.3 Å². The van der Waals surface area contributed by atoms with Crippen molar-refractivity contribution in [3.63, 3.8) is 0 Å². The Labute approximate surface area is 129 Å². The van der Waals surface area contributed by atoms with E-state index in [9.17, 15) is 9.59 Å². The minimum Gasteiger partial charge on any atom is -0.454 e. The molecule has 0 saturated carbocycles. The molecule has 0 fully saturated rings. The number of hydrogen-bond donors (Lipinski definition) is 0. The van der Waals surface area contributed by atoms with E-state index in [0.29, 0.717) is 5.56 Å². The molecule has 0 radical (unpaired) electrons. The summed E-state index contributed by atoms with van der Waals surface area (Å²) in [5.41, 5.74) is 3.43. The number of fused-ring (bicyclic) bond motifs is 2. The van der Waals surface area contributed by atoms with Crippen molar-refractivity contribution in [3.05, 3.63) is 41.1 Å². The molecule has 3 rings (SSSR count). The van der Waals surface area contributed by atoms with Gasteiger partial charge in [-0.3, -0.25) is 9.78 Å². The lowest BCUT2D eigenvalue weighted by Gasteiger charge is -2.14. The van der Waals surface area contributed by atoms with E-state index in [1.165, 1.54) is 6.92 Å². The molecular formula is C18H19NO3. The van der Waals surface area contributed by atoms with E-state index in [0.717, 1.165) is 54.3 Å². The van der Waals surface area contributed by atoms with Crippen molar-refractivity contribution in [2.45, 2.75) is 39.0 Å². The first-order valence-electron chi connectivity index (χ1n) is 7.74. The molecule has 22 heavy (non-hydrogen) atoms. The average Bonchev–Trinajstić information content (AvgIpc) is 2.75. The molecule has 4 heteroatoms. The number of esters is 1. The number of Topliss-reactive ketones (excluding diaryl/α,β-unsaturated/α-hetero) is 1. The monoisotopic (exact) mass is 297 g/mol. The topological polar surface area (TPSA) is 56.3 Å². The summed E-state index contributed by atoms with van der Waals surface area (Å²) in [5.74, 6) is -0.565. The van der Waals surface area contributed by atoms with Gasteiger partial charge in [0.2, 0.25) is 0 Å². The van der Waals surface area contributed by atoms with Crippen LogP contribution < -0.4 is 0 Å². The van der Waals surface area contributed by atoms with E-state index in [4.69, 9.17) is 9.72 Å². The number of ether oxygens (including phenoxy) is 1. The van der Waals surface area contributed by atoms with Crippen molar-refractivity contribution >= 4 is 22.7 Å². The van der Waals surface area contributed by atoms with Gasteiger partial charge in [0.1, 0.15) is 6.61 Å². The molecule has 4 nitrogen and oxygen atoms in total. The number of nitrogens with zero attached hydrogens (tertiary/aromatic N) is 1. The van der Waals surface area contributed by atoms with Gasteiger partial charge >= 0.3 is 5.97 Å². The lowest BCUT2D eigenvalue weighted by atomic mass is 9.97. The maximum absolute atomic E-state index is 12.5. The maximum atomic E-state index is 12.5. The Morgan fingerprint density at radius 1 is 1.14 bits per heavy atom. The normalized spacial score (nSPS) is 14.2. The minimum atomic E-state index is -0.410. The SMILES string of the molecule is CC(=O)COC(=O)c1c2c(nc3ccccc13)CCCCC2. The summed E-state index contributed by atoms with van der Waals surface area (Å²) in [5, 5.41) is 0.816. The van der Waals surface area contributed by atoms with Crippen molar-refractivity contribution in [2.75, 3.05) is 6.61 Å². The summed E-state index contributed by atoms with van der Waals surface area (Å²) in [7, 11) is 0. The Morgan fingerprint density at radius 2 is 1.91 bits per heavy atom. The summed E-state index contributed by atoms with van der Waals surface area (Å²) < 4.78 is 5.19. The average molecular weight is 297 g/mol. The quantitative estimate of drug-likeness (QED) is 0.644. The molecule has 1 aliphatic rings. The second kappa shape index (κ2) is 6.26. The molecule has 1 aromatic carbocycles. The van der Waals surface area contributed by atoms with Gasteiger partial charge in [0.15, 0.2) is 5.78 Å². The summed E-state index contributed by atoms with van der Waals surface area (Å²) >= 11 is 0. The number of carbonyl (C=O) groups excluding carboxylic acids is 2. The van der Waals surface area contributed by atoms with Crippen LogP contribution in [-0.2, 0) is 22.4 Å². The zero-order chi connectivity index (χ0) is 15.5. The number of rotatable bonds is 3. The van der Waals surface area contributed by atoms with E-state index < -0.39 is 5.97 Å². The van der Waals surface area contributed by atoms with Crippen molar-refractivity contribution in [3.8, 4) is 0 Å². The first-order valence-corrected chi connectivity index (χ1v) is 7.74. The molecule has 1 aromatic heterocycles. The molecule has 0 N–H and O–H groups in total. The third kappa shape index (κ3) is 2.86. The fourth-order valence-electron chi connectivity index (χ4n) is 3.02. The van der Waals surface area contributed by atoms with Gasteiger partial charge in [-0.15, -0.1) is 0 Å². The molecule has 114 valence electrons. The first-order chi connectivity index (χ1) is 10.7. The van der Waals surface area contributed by atoms with Gasteiger partial charge in [0.25, 0.3) is 0 Å². The van der Waals surface area contributed by atoms with Crippen LogP contribution in [0.2, 0.25) is 0 Å². The highest BCUT2D eigenvalue weighted by molar-refractivity contribution is 6.05. The molecule has 1 aliphatic carbocycles. The first kappa shape index (κ1) is 14.7. The minimum absolute atomic E-state index is 0.155. The number of pyridine rings is 1. The van der Waals surface area contributed by atoms with E-state index >= 15 is 0 Å². The zero-order valence-corrected chi connectivity index (χ0v) is 12.7. The van der Waals surface area contributed by atoms with Crippen LogP contribution in [0.3, 0.4) is 0 Å². The number of carbonyl (C=O) groups is 2. The Balaban J connectivity index is 2.14. The number of aryl methyl sites for hydroxylation is 1. The molecule has 0 spiro atoms. The fourth-order valence-corrected chi connectivity index (χ4v) is 3.02. The predicted molar refractivity (Wildman–Crippen MR) is 84.0 cm³/mol. The summed E-state index contributed by atoms with van der Waals surface area (Å²) in [6.07, 6.45) is 5.04. The molecular weight excluding hydrogens is 278 g/mol. The molecule has 0 bridgehead atoms. The molecule has 0 saturated heterocycles. The van der Waals surface area contributed by atoms with Crippen molar-refractivity contribution in [1.82, 2.24) is 4.98 Å². The Kier molecular flexibility index (Phi) is 4.18. The second-order valence-corrected chi connectivity index (χ2v) is 5.77.